The van der Waals surface area contributed by atoms with E-state index in [4.69, 9.17) is 4.74 Å². The lowest BCUT2D eigenvalue weighted by Gasteiger charge is -2.13. The SMILES string of the molecule is COc1ccccc1C(=O)Nc1cccc(C(O)CNC=O)c1. The van der Waals surface area contributed by atoms with Crippen molar-refractivity contribution in [1.29, 1.82) is 0 Å². The van der Waals surface area contributed by atoms with Crippen LogP contribution in [0.4, 0.5) is 5.69 Å². The van der Waals surface area contributed by atoms with Gasteiger partial charge < -0.3 is 20.5 Å². The third-order valence-corrected chi connectivity index (χ3v) is 3.28. The van der Waals surface area contributed by atoms with E-state index in [0.717, 1.165) is 0 Å². The van der Waals surface area contributed by atoms with E-state index in [0.29, 0.717) is 29.0 Å². The molecule has 3 N–H and O–H groups in total. The van der Waals surface area contributed by atoms with E-state index in [1.165, 1.54) is 7.11 Å². The van der Waals surface area contributed by atoms with Crippen molar-refractivity contribution in [3.05, 3.63) is 59.7 Å². The van der Waals surface area contributed by atoms with Crippen molar-refractivity contribution in [2.24, 2.45) is 0 Å². The van der Waals surface area contributed by atoms with Crippen molar-refractivity contribution in [2.75, 3.05) is 19.0 Å². The average molecular weight is 314 g/mol. The maximum Gasteiger partial charge on any atom is 0.259 e. The fraction of sp³-hybridized carbons (Fsp3) is 0.176. The summed E-state index contributed by atoms with van der Waals surface area (Å²) in [5, 5.41) is 15.1. The van der Waals surface area contributed by atoms with E-state index in [1.807, 2.05) is 0 Å². The lowest BCUT2D eigenvalue weighted by atomic mass is 10.1. The Bertz CT molecular complexity index is 688. The fourth-order valence-corrected chi connectivity index (χ4v) is 2.13. The predicted molar refractivity (Wildman–Crippen MR) is 86.4 cm³/mol. The van der Waals surface area contributed by atoms with Crippen LogP contribution in [0.25, 0.3) is 0 Å². The number of hydrogen-bond donors (Lipinski definition) is 3. The molecular weight excluding hydrogens is 296 g/mol. The minimum atomic E-state index is -0.844. The standard InChI is InChI=1S/C17H18N2O4/c1-23-16-8-3-2-7-14(16)17(22)19-13-6-4-5-12(9-13)15(21)10-18-11-20/h2-9,11,15,21H,10H2,1H3,(H,18,20)(H,19,22). The number of ether oxygens (including phenoxy) is 1. The molecular formula is C17H18N2O4. The Morgan fingerprint density at radius 1 is 1.26 bits per heavy atom. The number of carbonyl (C=O) groups is 2. The molecule has 0 aromatic heterocycles. The first kappa shape index (κ1) is 16.5. The van der Waals surface area contributed by atoms with Crippen molar-refractivity contribution in [2.45, 2.75) is 6.10 Å². The summed E-state index contributed by atoms with van der Waals surface area (Å²) in [7, 11) is 1.50. The van der Waals surface area contributed by atoms with Crippen LogP contribution in [0.1, 0.15) is 22.0 Å². The number of anilines is 1. The maximum atomic E-state index is 12.3. The summed E-state index contributed by atoms with van der Waals surface area (Å²) in [4.78, 5) is 22.6. The molecule has 1 atom stereocenters. The maximum absolute atomic E-state index is 12.3. The predicted octanol–water partition coefficient (Wildman–Crippen LogP) is 1.73. The van der Waals surface area contributed by atoms with Crippen LogP contribution in [0, 0.1) is 0 Å². The van der Waals surface area contributed by atoms with Crippen LogP contribution in [-0.2, 0) is 4.79 Å². The van der Waals surface area contributed by atoms with Crippen LogP contribution in [0.2, 0.25) is 0 Å². The molecule has 6 heteroatoms. The number of para-hydroxylation sites is 1. The summed E-state index contributed by atoms with van der Waals surface area (Å²) in [5.74, 6) is 0.177. The summed E-state index contributed by atoms with van der Waals surface area (Å²) < 4.78 is 5.17. The van der Waals surface area contributed by atoms with Gasteiger partial charge in [0.05, 0.1) is 18.8 Å². The van der Waals surface area contributed by atoms with E-state index < -0.39 is 6.10 Å². The van der Waals surface area contributed by atoms with Gasteiger partial charge in [-0.15, -0.1) is 0 Å². The van der Waals surface area contributed by atoms with Crippen molar-refractivity contribution in [3.63, 3.8) is 0 Å². The van der Waals surface area contributed by atoms with Gasteiger partial charge in [-0.2, -0.15) is 0 Å². The molecule has 0 radical (unpaired) electrons. The van der Waals surface area contributed by atoms with Gasteiger partial charge in [0.25, 0.3) is 5.91 Å². The Labute approximate surface area is 134 Å². The number of aliphatic hydroxyl groups excluding tert-OH is 1. The summed E-state index contributed by atoms with van der Waals surface area (Å²) in [6.07, 6.45) is -0.320. The normalized spacial score (nSPS) is 11.4. The number of methoxy groups -OCH3 is 1. The first-order valence-electron chi connectivity index (χ1n) is 7.05. The van der Waals surface area contributed by atoms with E-state index in [1.54, 1.807) is 48.5 Å². The van der Waals surface area contributed by atoms with Gasteiger partial charge in [-0.25, -0.2) is 0 Å². The zero-order valence-corrected chi connectivity index (χ0v) is 12.7. The van der Waals surface area contributed by atoms with Crippen LogP contribution in [0.3, 0.4) is 0 Å². The monoisotopic (exact) mass is 314 g/mol. The van der Waals surface area contributed by atoms with Gasteiger partial charge in [0.2, 0.25) is 6.41 Å². The van der Waals surface area contributed by atoms with Crippen LogP contribution in [-0.4, -0.2) is 31.1 Å². The Hall–Kier alpha value is -2.86. The third-order valence-electron chi connectivity index (χ3n) is 3.28. The Kier molecular flexibility index (Phi) is 5.71. The van der Waals surface area contributed by atoms with Crippen LogP contribution < -0.4 is 15.4 Å². The highest BCUT2D eigenvalue weighted by Gasteiger charge is 2.13. The zero-order chi connectivity index (χ0) is 16.7. The van der Waals surface area contributed by atoms with E-state index in [-0.39, 0.29) is 12.5 Å². The highest BCUT2D eigenvalue weighted by Crippen LogP contribution is 2.21. The molecule has 0 bridgehead atoms. The number of amides is 2. The Morgan fingerprint density at radius 3 is 2.78 bits per heavy atom. The third kappa shape index (κ3) is 4.31. The number of hydrogen-bond acceptors (Lipinski definition) is 4. The van der Waals surface area contributed by atoms with Gasteiger partial charge in [0.15, 0.2) is 0 Å². The number of rotatable bonds is 7. The first-order valence-corrected chi connectivity index (χ1v) is 7.05. The molecule has 120 valence electrons. The average Bonchev–Trinajstić information content (AvgIpc) is 2.59. The minimum Gasteiger partial charge on any atom is -0.496 e. The number of benzene rings is 2. The highest BCUT2D eigenvalue weighted by molar-refractivity contribution is 6.06. The van der Waals surface area contributed by atoms with Gasteiger partial charge >= 0.3 is 0 Å². The van der Waals surface area contributed by atoms with Crippen molar-refractivity contribution in [1.82, 2.24) is 5.32 Å². The summed E-state index contributed by atoms with van der Waals surface area (Å²) in [6.45, 7) is 0.105. The summed E-state index contributed by atoms with van der Waals surface area (Å²) in [5.41, 5.74) is 1.56. The van der Waals surface area contributed by atoms with Gasteiger partial charge in [-0.3, -0.25) is 9.59 Å². The molecule has 2 rings (SSSR count). The number of carbonyl (C=O) groups excluding carboxylic acids is 2. The molecule has 0 aliphatic rings. The molecule has 2 aromatic carbocycles. The smallest absolute Gasteiger partial charge is 0.259 e. The lowest BCUT2D eigenvalue weighted by molar-refractivity contribution is -0.109. The molecule has 2 aromatic rings. The van der Waals surface area contributed by atoms with E-state index in [2.05, 4.69) is 10.6 Å². The summed E-state index contributed by atoms with van der Waals surface area (Å²) >= 11 is 0. The molecule has 0 fully saturated rings. The van der Waals surface area contributed by atoms with Crippen LogP contribution in [0.15, 0.2) is 48.5 Å². The molecule has 0 saturated heterocycles. The molecule has 0 spiro atoms. The quantitative estimate of drug-likeness (QED) is 0.679. The Balaban J connectivity index is 2.13. The number of aliphatic hydroxyl groups is 1. The summed E-state index contributed by atoms with van der Waals surface area (Å²) in [6, 6.07) is 13.7. The van der Waals surface area contributed by atoms with Crippen molar-refractivity contribution >= 4 is 18.0 Å². The molecule has 0 aliphatic carbocycles. The fourth-order valence-electron chi connectivity index (χ4n) is 2.13. The molecule has 23 heavy (non-hydrogen) atoms. The topological polar surface area (TPSA) is 87.7 Å². The van der Waals surface area contributed by atoms with Gasteiger partial charge in [-0.1, -0.05) is 24.3 Å². The molecule has 0 saturated carbocycles. The zero-order valence-electron chi connectivity index (χ0n) is 12.7. The molecule has 0 heterocycles. The number of nitrogens with one attached hydrogen (secondary N) is 2. The second-order valence-corrected chi connectivity index (χ2v) is 4.82. The van der Waals surface area contributed by atoms with Crippen LogP contribution >= 0.6 is 0 Å². The lowest BCUT2D eigenvalue weighted by Crippen LogP contribution is -2.20. The second-order valence-electron chi connectivity index (χ2n) is 4.82. The largest absolute Gasteiger partial charge is 0.496 e. The molecule has 2 amide bonds. The van der Waals surface area contributed by atoms with Gasteiger partial charge in [0.1, 0.15) is 5.75 Å². The van der Waals surface area contributed by atoms with Gasteiger partial charge in [-0.05, 0) is 29.8 Å². The van der Waals surface area contributed by atoms with Crippen molar-refractivity contribution < 1.29 is 19.4 Å². The molecule has 6 nitrogen and oxygen atoms in total. The van der Waals surface area contributed by atoms with Crippen molar-refractivity contribution in [3.8, 4) is 5.75 Å². The Morgan fingerprint density at radius 2 is 2.04 bits per heavy atom. The van der Waals surface area contributed by atoms with Gasteiger partial charge in [0, 0.05) is 12.2 Å². The molecule has 1 unspecified atom stereocenters. The minimum absolute atomic E-state index is 0.105. The highest BCUT2D eigenvalue weighted by atomic mass is 16.5. The van der Waals surface area contributed by atoms with E-state index in [9.17, 15) is 14.7 Å². The second kappa shape index (κ2) is 7.95. The van der Waals surface area contributed by atoms with E-state index >= 15 is 0 Å². The van der Waals surface area contributed by atoms with Crippen LogP contribution in [0.5, 0.6) is 5.75 Å². The first-order chi connectivity index (χ1) is 11.2. The molecule has 0 aliphatic heterocycles.